The van der Waals surface area contributed by atoms with E-state index in [1.54, 1.807) is 12.2 Å². The number of allylic oxidation sites excluding steroid dienone is 1. The molecule has 1 amide bonds. The van der Waals surface area contributed by atoms with Crippen molar-refractivity contribution in [3.8, 4) is 11.3 Å². The van der Waals surface area contributed by atoms with Crippen LogP contribution in [0.5, 0.6) is 0 Å². The van der Waals surface area contributed by atoms with Crippen LogP contribution in [0.1, 0.15) is 28.3 Å². The number of fused-ring (bicyclic) bond motifs is 1. The van der Waals surface area contributed by atoms with Gasteiger partial charge in [-0.1, -0.05) is 24.3 Å². The number of nitrogens with one attached hydrogen (secondary N) is 1. The van der Waals surface area contributed by atoms with Gasteiger partial charge in [0.2, 0.25) is 0 Å². The number of rotatable bonds is 3. The number of carbonyl (C=O) groups excluding carboxylic acids is 1. The van der Waals surface area contributed by atoms with Gasteiger partial charge in [-0.05, 0) is 36.8 Å². The summed E-state index contributed by atoms with van der Waals surface area (Å²) in [7, 11) is 0. The minimum atomic E-state index is -4.63. The second-order valence-electron chi connectivity index (χ2n) is 6.64. The number of amides is 1. The van der Waals surface area contributed by atoms with Gasteiger partial charge in [0.15, 0.2) is 17.3 Å². The van der Waals surface area contributed by atoms with Crippen LogP contribution in [0.3, 0.4) is 0 Å². The average molecular weight is 419 g/mol. The minimum Gasteiger partial charge on any atom is -0.324 e. The van der Waals surface area contributed by atoms with Crippen LogP contribution < -0.4 is 5.32 Å². The van der Waals surface area contributed by atoms with Gasteiger partial charge < -0.3 is 9.88 Å². The van der Waals surface area contributed by atoms with E-state index >= 15 is 0 Å². The molecule has 0 radical (unpaired) electrons. The molecule has 2 aromatic carbocycles. The molecule has 2 heterocycles. The summed E-state index contributed by atoms with van der Waals surface area (Å²) < 4.78 is 69.1. The molecule has 0 fully saturated rings. The van der Waals surface area contributed by atoms with E-state index in [0.717, 1.165) is 12.1 Å². The summed E-state index contributed by atoms with van der Waals surface area (Å²) in [4.78, 5) is 15.9. The van der Waals surface area contributed by atoms with Crippen molar-refractivity contribution in [2.75, 3.05) is 5.32 Å². The third kappa shape index (κ3) is 3.58. The number of hydrogen-bond donors (Lipinski definition) is 1. The molecule has 1 aliphatic rings. The van der Waals surface area contributed by atoms with Gasteiger partial charge in [0.25, 0.3) is 5.91 Å². The Balaban J connectivity index is 1.65. The zero-order valence-corrected chi connectivity index (χ0v) is 15.3. The average Bonchev–Trinajstić information content (AvgIpc) is 3.11. The Morgan fingerprint density at radius 2 is 1.80 bits per heavy atom. The summed E-state index contributed by atoms with van der Waals surface area (Å²) in [5.74, 6) is -3.08. The Labute approximate surface area is 167 Å². The lowest BCUT2D eigenvalue weighted by atomic mass is 10.1. The first-order valence-electron chi connectivity index (χ1n) is 8.96. The predicted octanol–water partition coefficient (Wildman–Crippen LogP) is 5.52. The van der Waals surface area contributed by atoms with E-state index in [0.29, 0.717) is 13.0 Å². The molecule has 154 valence electrons. The molecule has 0 atom stereocenters. The normalized spacial score (nSPS) is 13.2. The van der Waals surface area contributed by atoms with Crippen LogP contribution in [0.15, 0.2) is 48.5 Å². The fraction of sp³-hybridized carbons (Fsp3) is 0.143. The fourth-order valence-electron chi connectivity index (χ4n) is 3.30. The van der Waals surface area contributed by atoms with E-state index in [2.05, 4.69) is 10.3 Å². The van der Waals surface area contributed by atoms with Crippen molar-refractivity contribution in [1.29, 1.82) is 0 Å². The van der Waals surface area contributed by atoms with E-state index in [1.807, 2.05) is 0 Å². The Morgan fingerprint density at radius 1 is 1.07 bits per heavy atom. The highest BCUT2D eigenvalue weighted by Crippen LogP contribution is 2.38. The zero-order chi connectivity index (χ0) is 21.5. The summed E-state index contributed by atoms with van der Waals surface area (Å²) in [5, 5.41) is 2.40. The Morgan fingerprint density at radius 3 is 2.50 bits per heavy atom. The number of aromatic nitrogens is 2. The summed E-state index contributed by atoms with van der Waals surface area (Å²) >= 11 is 0. The first kappa shape index (κ1) is 19.8. The fourth-order valence-corrected chi connectivity index (χ4v) is 3.30. The molecule has 1 aliphatic heterocycles. The molecule has 30 heavy (non-hydrogen) atoms. The third-order valence-corrected chi connectivity index (χ3v) is 4.66. The topological polar surface area (TPSA) is 46.9 Å². The van der Waals surface area contributed by atoms with Gasteiger partial charge in [0.1, 0.15) is 5.82 Å². The van der Waals surface area contributed by atoms with Gasteiger partial charge in [0, 0.05) is 17.8 Å². The number of carbonyl (C=O) groups is 1. The highest BCUT2D eigenvalue weighted by molar-refractivity contribution is 6.04. The van der Waals surface area contributed by atoms with Crippen LogP contribution in [-0.4, -0.2) is 15.5 Å². The second kappa shape index (κ2) is 7.40. The molecule has 1 aromatic heterocycles. The van der Waals surface area contributed by atoms with Crippen molar-refractivity contribution in [3.63, 3.8) is 0 Å². The number of alkyl halides is 3. The molecule has 0 saturated carbocycles. The third-order valence-electron chi connectivity index (χ3n) is 4.66. The highest BCUT2D eigenvalue weighted by atomic mass is 19.4. The second-order valence-corrected chi connectivity index (χ2v) is 6.64. The molecular weight excluding hydrogens is 405 g/mol. The first-order valence-corrected chi connectivity index (χ1v) is 8.96. The van der Waals surface area contributed by atoms with Gasteiger partial charge in [0.05, 0.1) is 11.3 Å². The SMILES string of the molecule is O=C(Nc1ccc(-c2c(C(F)(F)F)nc3n2CCC=C3)cc1)c1cccc(F)c1F. The zero-order valence-electron chi connectivity index (χ0n) is 15.3. The van der Waals surface area contributed by atoms with Gasteiger partial charge in [-0.15, -0.1) is 0 Å². The maximum Gasteiger partial charge on any atom is 0.435 e. The number of halogens is 5. The molecule has 4 rings (SSSR count). The van der Waals surface area contributed by atoms with E-state index in [-0.39, 0.29) is 22.8 Å². The quantitative estimate of drug-likeness (QED) is 0.569. The van der Waals surface area contributed by atoms with E-state index in [9.17, 15) is 26.7 Å². The van der Waals surface area contributed by atoms with E-state index in [4.69, 9.17) is 0 Å². The molecule has 9 heteroatoms. The van der Waals surface area contributed by atoms with Crippen molar-refractivity contribution < 1.29 is 26.7 Å². The number of benzene rings is 2. The van der Waals surface area contributed by atoms with Gasteiger partial charge in [-0.3, -0.25) is 4.79 Å². The lowest BCUT2D eigenvalue weighted by molar-refractivity contribution is -0.140. The Hall–Kier alpha value is -3.49. The van der Waals surface area contributed by atoms with Crippen molar-refractivity contribution in [2.24, 2.45) is 0 Å². The maximum atomic E-state index is 13.8. The molecule has 4 nitrogen and oxygen atoms in total. The minimum absolute atomic E-state index is 0.0594. The standard InChI is InChI=1S/C21H14F5N3O/c22-15-5-3-4-14(17(15)23)20(30)27-13-9-7-12(8-10-13)18-19(21(24,25)26)28-16-6-1-2-11-29(16)18/h1,3-10H,2,11H2,(H,27,30). The number of nitrogens with zero attached hydrogens (tertiary/aromatic N) is 2. The van der Waals surface area contributed by atoms with Crippen molar-refractivity contribution in [2.45, 2.75) is 19.1 Å². The molecule has 0 unspecified atom stereocenters. The summed E-state index contributed by atoms with van der Waals surface area (Å²) in [6.45, 7) is 0.363. The van der Waals surface area contributed by atoms with Crippen LogP contribution in [0.25, 0.3) is 17.3 Å². The smallest absolute Gasteiger partial charge is 0.324 e. The molecule has 0 saturated heterocycles. The van der Waals surface area contributed by atoms with Crippen LogP contribution in [0, 0.1) is 11.6 Å². The van der Waals surface area contributed by atoms with Crippen LogP contribution in [0.2, 0.25) is 0 Å². The molecule has 0 aliphatic carbocycles. The lowest BCUT2D eigenvalue weighted by Gasteiger charge is -2.14. The molecule has 3 aromatic rings. The van der Waals surface area contributed by atoms with Gasteiger partial charge in [-0.2, -0.15) is 13.2 Å². The van der Waals surface area contributed by atoms with Gasteiger partial charge >= 0.3 is 6.18 Å². The molecule has 0 bridgehead atoms. The van der Waals surface area contributed by atoms with Crippen molar-refractivity contribution >= 4 is 17.7 Å². The van der Waals surface area contributed by atoms with Crippen molar-refractivity contribution in [3.05, 3.63) is 77.3 Å². The highest BCUT2D eigenvalue weighted by Gasteiger charge is 2.39. The Bertz CT molecular complexity index is 1150. The summed E-state index contributed by atoms with van der Waals surface area (Å²) in [5.41, 5.74) is -1.03. The molecular formula is C21H14F5N3O. The molecule has 1 N–H and O–H groups in total. The number of anilines is 1. The summed E-state index contributed by atoms with van der Waals surface area (Å²) in [6, 6.07) is 8.83. The monoisotopic (exact) mass is 419 g/mol. The first-order chi connectivity index (χ1) is 14.3. The number of hydrogen-bond acceptors (Lipinski definition) is 2. The van der Waals surface area contributed by atoms with Crippen LogP contribution in [-0.2, 0) is 12.7 Å². The predicted molar refractivity (Wildman–Crippen MR) is 101 cm³/mol. The van der Waals surface area contributed by atoms with Crippen molar-refractivity contribution in [1.82, 2.24) is 9.55 Å². The largest absolute Gasteiger partial charge is 0.435 e. The molecule has 0 spiro atoms. The van der Waals surface area contributed by atoms with E-state index in [1.165, 1.54) is 34.9 Å². The lowest BCUT2D eigenvalue weighted by Crippen LogP contribution is -2.14. The number of imidazole rings is 1. The summed E-state index contributed by atoms with van der Waals surface area (Å²) in [6.07, 6.45) is -0.739. The Kier molecular flexibility index (Phi) is 4.89. The maximum absolute atomic E-state index is 13.8. The van der Waals surface area contributed by atoms with E-state index < -0.39 is 35.0 Å². The van der Waals surface area contributed by atoms with Crippen LogP contribution >= 0.6 is 0 Å². The van der Waals surface area contributed by atoms with Crippen LogP contribution in [0.4, 0.5) is 27.6 Å². The van der Waals surface area contributed by atoms with Gasteiger partial charge in [-0.25, -0.2) is 13.8 Å².